The number of aliphatic imine (C=N–C) groups is 1. The fourth-order valence-electron chi connectivity index (χ4n) is 9.72. The first-order valence-corrected chi connectivity index (χ1v) is 28.6. The van der Waals surface area contributed by atoms with E-state index in [2.05, 4.69) is 125 Å². The number of fused-ring (bicyclic) bond motifs is 2. The Balaban J connectivity index is 0.639. The molecule has 12 nitrogen and oxygen atoms in total. The van der Waals surface area contributed by atoms with Gasteiger partial charge in [0.25, 0.3) is 11.8 Å². The lowest BCUT2D eigenvalue weighted by molar-refractivity contribution is -0.538. The number of quaternary nitrogens is 1. The molecule has 14 heteroatoms. The molecule has 1 aliphatic carbocycles. The SMILES string of the molecule is CC1=CC(=Nc2cc(Br)c(N)cc2[NH2+]c2ccccc2)CC=C1NCCCCCCNC(=O)c1ccc(-c2ccc(C(=O)NCCCCCCNc3cc4c(cc3C)nc3cc(Br)c(N)cc3[n+]4-c3ccccc3)cc2)cc1. The molecule has 8 aromatic rings. The van der Waals surface area contributed by atoms with E-state index < -0.39 is 0 Å². The third kappa shape index (κ3) is 14.3. The number of halogens is 2. The van der Waals surface area contributed by atoms with E-state index in [1.54, 1.807) is 0 Å². The molecular weight excluding hydrogens is 1100 g/mol. The van der Waals surface area contributed by atoms with Gasteiger partial charge in [0.2, 0.25) is 16.7 Å². The van der Waals surface area contributed by atoms with E-state index >= 15 is 0 Å². The zero-order valence-electron chi connectivity index (χ0n) is 44.3. The summed E-state index contributed by atoms with van der Waals surface area (Å²) in [7, 11) is 0. The molecule has 0 saturated carbocycles. The van der Waals surface area contributed by atoms with E-state index in [0.29, 0.717) is 35.6 Å². The van der Waals surface area contributed by atoms with Gasteiger partial charge < -0.3 is 32.7 Å². The number of para-hydroxylation sites is 2. The maximum absolute atomic E-state index is 13.0. The Morgan fingerprint density at radius 1 is 0.615 bits per heavy atom. The molecule has 0 fully saturated rings. The number of amides is 2. The van der Waals surface area contributed by atoms with E-state index in [4.69, 9.17) is 21.4 Å². The molecule has 78 heavy (non-hydrogen) atoms. The molecule has 9 rings (SSSR count). The van der Waals surface area contributed by atoms with Crippen molar-refractivity contribution in [2.24, 2.45) is 4.99 Å². The molecule has 398 valence electrons. The Labute approximate surface area is 474 Å². The molecule has 0 aliphatic heterocycles. The van der Waals surface area contributed by atoms with E-state index in [1.165, 1.54) is 0 Å². The highest BCUT2D eigenvalue weighted by Gasteiger charge is 2.22. The summed E-state index contributed by atoms with van der Waals surface area (Å²) < 4.78 is 3.89. The average Bonchev–Trinajstić information content (AvgIpc) is 3.60. The number of aryl methyl sites for hydroxylation is 1. The van der Waals surface area contributed by atoms with Crippen molar-refractivity contribution in [1.29, 1.82) is 0 Å². The quantitative estimate of drug-likeness (QED) is 0.0144. The number of allylic oxidation sites excluding steroid dienone is 3. The highest BCUT2D eigenvalue weighted by Crippen LogP contribution is 2.33. The van der Waals surface area contributed by atoms with Crippen LogP contribution < -0.4 is 42.6 Å². The molecule has 0 radical (unpaired) electrons. The smallest absolute Gasteiger partial charge is 0.251 e. The summed E-state index contributed by atoms with van der Waals surface area (Å²) in [6, 6.07) is 48.0. The second kappa shape index (κ2) is 26.6. The number of nitrogens with two attached hydrogens (primary N) is 3. The van der Waals surface area contributed by atoms with Crippen LogP contribution in [0.2, 0.25) is 0 Å². The summed E-state index contributed by atoms with van der Waals surface area (Å²) in [4.78, 5) is 36.0. The van der Waals surface area contributed by atoms with Crippen molar-refractivity contribution in [3.8, 4) is 16.8 Å². The van der Waals surface area contributed by atoms with Gasteiger partial charge in [0, 0.05) is 100 Å². The van der Waals surface area contributed by atoms with Crippen LogP contribution >= 0.6 is 31.9 Å². The van der Waals surface area contributed by atoms with Gasteiger partial charge in [-0.3, -0.25) is 14.9 Å². The molecule has 1 aromatic heterocycles. The number of benzene rings is 7. The second-order valence-electron chi connectivity index (χ2n) is 19.9. The van der Waals surface area contributed by atoms with E-state index in [0.717, 1.165) is 164 Å². The van der Waals surface area contributed by atoms with Crippen molar-refractivity contribution in [3.05, 3.63) is 195 Å². The zero-order chi connectivity index (χ0) is 54.4. The largest absolute Gasteiger partial charge is 0.398 e. The van der Waals surface area contributed by atoms with Gasteiger partial charge in [-0.15, -0.1) is 4.57 Å². The molecule has 0 atom stereocenters. The number of anilines is 3. The van der Waals surface area contributed by atoms with Gasteiger partial charge in [0.05, 0.1) is 11.4 Å². The first kappa shape index (κ1) is 55.1. The van der Waals surface area contributed by atoms with Gasteiger partial charge in [0.15, 0.2) is 5.69 Å². The number of carbonyl (C=O) groups excluding carboxylic acids is 2. The second-order valence-corrected chi connectivity index (χ2v) is 21.6. The number of hydrogen-bond acceptors (Lipinski definition) is 8. The summed E-state index contributed by atoms with van der Waals surface area (Å²) in [6.07, 6.45) is 13.2. The van der Waals surface area contributed by atoms with Crippen LogP contribution in [0.1, 0.15) is 91.0 Å². The number of unbranched alkanes of at least 4 members (excludes halogenated alkanes) is 6. The molecule has 1 heterocycles. The molecule has 0 bridgehead atoms. The minimum Gasteiger partial charge on any atom is -0.398 e. The van der Waals surface area contributed by atoms with Crippen LogP contribution in [-0.2, 0) is 0 Å². The fourth-order valence-corrected chi connectivity index (χ4v) is 10.4. The van der Waals surface area contributed by atoms with Crippen LogP contribution in [-0.4, -0.2) is 48.7 Å². The molecule has 10 N–H and O–H groups in total. The number of carbonyl (C=O) groups is 2. The van der Waals surface area contributed by atoms with Gasteiger partial charge in [-0.05, 0) is 154 Å². The predicted octanol–water partition coefficient (Wildman–Crippen LogP) is 13.1. The maximum Gasteiger partial charge on any atom is 0.251 e. The van der Waals surface area contributed by atoms with Crippen molar-refractivity contribution < 1.29 is 19.5 Å². The highest BCUT2D eigenvalue weighted by atomic mass is 79.9. The van der Waals surface area contributed by atoms with Gasteiger partial charge in [-0.1, -0.05) is 92.4 Å². The summed E-state index contributed by atoms with van der Waals surface area (Å²) in [6.45, 7) is 7.22. The predicted molar refractivity (Wildman–Crippen MR) is 327 cm³/mol. The standard InChI is InChI=1S/C64H66Br2N10O2/c1-42-35-49(74-57-37-51(65)53(67)39-58(57)73-48-17-9-7-10-18-48)29-30-55(42)69-31-13-3-5-15-33-71-63(77)46-25-21-44(22-26-46)45-23-27-47(28-24-45)64(78)72-34-16-6-4-14-32-70-56-41-62-59(36-43(56)2)75-60-38-52(66)54(68)40-61(60)76(62)50-19-11-8-12-20-50/h7-12,17-28,30,35-41,69,73H,3-6,13-16,29,31-34,67H2,1-2H3,(H4,68,70,71,72,77,78)/p+2. The average molecular weight is 1170 g/mol. The molecule has 0 spiro atoms. The van der Waals surface area contributed by atoms with E-state index in [9.17, 15) is 9.59 Å². The Bertz CT molecular complexity index is 3510. The summed E-state index contributed by atoms with van der Waals surface area (Å²) in [5.74, 6) is -0.149. The summed E-state index contributed by atoms with van der Waals surface area (Å²) in [5.41, 5.74) is 30.4. The highest BCUT2D eigenvalue weighted by molar-refractivity contribution is 9.11. The van der Waals surface area contributed by atoms with Gasteiger partial charge in [-0.25, -0.2) is 9.98 Å². The third-order valence-electron chi connectivity index (χ3n) is 14.0. The molecular formula is C64H68Br2N10O2+2. The molecule has 0 saturated heterocycles. The lowest BCUT2D eigenvalue weighted by Crippen LogP contribution is -2.71. The van der Waals surface area contributed by atoms with Gasteiger partial charge in [0.1, 0.15) is 22.4 Å². The molecule has 1 aliphatic rings. The van der Waals surface area contributed by atoms with Crippen molar-refractivity contribution in [2.45, 2.75) is 71.6 Å². The van der Waals surface area contributed by atoms with Crippen LogP contribution in [0.5, 0.6) is 0 Å². The van der Waals surface area contributed by atoms with Crippen molar-refractivity contribution in [3.63, 3.8) is 0 Å². The summed E-state index contributed by atoms with van der Waals surface area (Å²) >= 11 is 7.16. The minimum absolute atomic E-state index is 0.0724. The molecule has 0 unspecified atom stereocenters. The maximum atomic E-state index is 13.0. The Hall–Kier alpha value is -7.65. The molecule has 2 amide bonds. The van der Waals surface area contributed by atoms with Crippen LogP contribution in [0.3, 0.4) is 0 Å². The number of nitrogens with zero attached hydrogens (tertiary/aromatic N) is 3. The first-order valence-electron chi connectivity index (χ1n) is 27.0. The minimum atomic E-state index is -0.0770. The number of aromatic nitrogens is 2. The third-order valence-corrected chi connectivity index (χ3v) is 15.4. The number of hydrogen-bond donors (Lipinski definition) is 7. The number of nitrogen functional groups attached to an aromatic ring is 2. The number of rotatable bonds is 23. The van der Waals surface area contributed by atoms with Crippen molar-refractivity contribution in [2.75, 3.05) is 43.0 Å². The monoisotopic (exact) mass is 1170 g/mol. The number of nitrogens with one attached hydrogen (secondary N) is 4. The van der Waals surface area contributed by atoms with Crippen molar-refractivity contribution >= 4 is 106 Å². The summed E-state index contributed by atoms with van der Waals surface area (Å²) in [5, 5.41) is 15.6. The van der Waals surface area contributed by atoms with E-state index in [-0.39, 0.29) is 11.8 Å². The lowest BCUT2D eigenvalue weighted by atomic mass is 10.0. The Morgan fingerprint density at radius 3 is 1.77 bits per heavy atom. The van der Waals surface area contributed by atoms with Crippen LogP contribution in [0.4, 0.5) is 34.1 Å². The van der Waals surface area contributed by atoms with Gasteiger partial charge >= 0.3 is 0 Å². The lowest BCUT2D eigenvalue weighted by Gasteiger charge is -2.17. The van der Waals surface area contributed by atoms with Crippen LogP contribution in [0.15, 0.2) is 183 Å². The fraction of sp³-hybridized carbons (Fsp3) is 0.234. The topological polar surface area (TPSA) is 180 Å². The van der Waals surface area contributed by atoms with Crippen LogP contribution in [0.25, 0.3) is 38.9 Å². The Morgan fingerprint density at radius 2 is 1.15 bits per heavy atom. The van der Waals surface area contributed by atoms with E-state index in [1.807, 2.05) is 109 Å². The zero-order valence-corrected chi connectivity index (χ0v) is 47.5. The van der Waals surface area contributed by atoms with Crippen LogP contribution in [0, 0.1) is 6.92 Å². The molecule has 7 aromatic carbocycles. The first-order chi connectivity index (χ1) is 38.0. The van der Waals surface area contributed by atoms with Gasteiger partial charge in [-0.2, -0.15) is 0 Å². The van der Waals surface area contributed by atoms with Crippen molar-refractivity contribution in [1.82, 2.24) is 20.9 Å². The Kier molecular flexibility index (Phi) is 18.8. The normalized spacial score (nSPS) is 12.8.